The number of fused-ring (bicyclic) bond motifs is 10. The van der Waals surface area contributed by atoms with E-state index in [1.807, 2.05) is 6.07 Å². The lowest BCUT2D eigenvalue weighted by atomic mass is 9.70. The molecule has 2 heteroatoms. The molecule has 0 radical (unpaired) electrons. The topological polar surface area (TPSA) is 25.8 Å². The molecule has 2 aliphatic carbocycles. The first-order valence-corrected chi connectivity index (χ1v) is 25.1. The van der Waals surface area contributed by atoms with Gasteiger partial charge in [-0.15, -0.1) is 0 Å². The van der Waals surface area contributed by atoms with E-state index < -0.39 is 5.41 Å². The third-order valence-electron chi connectivity index (χ3n) is 15.1. The summed E-state index contributed by atoms with van der Waals surface area (Å²) >= 11 is 0. The first-order valence-electron chi connectivity index (χ1n) is 25.1. The summed E-state index contributed by atoms with van der Waals surface area (Å²) in [5.41, 5.74) is 26.5. The molecule has 0 atom stereocenters. The van der Waals surface area contributed by atoms with Crippen molar-refractivity contribution in [3.05, 3.63) is 301 Å². The maximum Gasteiger partial charge on any atom is 0.160 e. The van der Waals surface area contributed by atoms with E-state index in [-0.39, 0.29) is 0 Å². The highest BCUT2D eigenvalue weighted by atomic mass is 14.9. The zero-order valence-corrected chi connectivity index (χ0v) is 40.0. The van der Waals surface area contributed by atoms with Crippen molar-refractivity contribution in [1.82, 2.24) is 9.97 Å². The monoisotopic (exact) mass is 926 g/mol. The Labute approximate surface area is 426 Å². The van der Waals surface area contributed by atoms with Gasteiger partial charge in [-0.1, -0.05) is 249 Å². The molecule has 0 amide bonds. The molecule has 1 heterocycles. The third-order valence-corrected chi connectivity index (χ3v) is 15.1. The lowest BCUT2D eigenvalue weighted by molar-refractivity contribution is 0.794. The molecule has 1 aromatic heterocycles. The number of rotatable bonds is 8. The van der Waals surface area contributed by atoms with Gasteiger partial charge in [-0.05, 0) is 130 Å². The maximum absolute atomic E-state index is 5.28. The summed E-state index contributed by atoms with van der Waals surface area (Å²) in [5, 5.41) is 0. The summed E-state index contributed by atoms with van der Waals surface area (Å²) in [6.07, 6.45) is 0. The average Bonchev–Trinajstić information content (AvgIpc) is 3.94. The molecular weight excluding hydrogens is 881 g/mol. The summed E-state index contributed by atoms with van der Waals surface area (Å²) in [5.74, 6) is 0.684. The van der Waals surface area contributed by atoms with Crippen LogP contribution >= 0.6 is 0 Å². The fourth-order valence-electron chi connectivity index (χ4n) is 11.7. The largest absolute Gasteiger partial charge is 0.228 e. The highest BCUT2D eigenvalue weighted by Crippen LogP contribution is 2.63. The number of benzene rings is 11. The molecule has 2 nitrogen and oxygen atoms in total. The molecule has 73 heavy (non-hydrogen) atoms. The van der Waals surface area contributed by atoms with Crippen LogP contribution in [-0.4, -0.2) is 9.97 Å². The first kappa shape index (κ1) is 42.4. The molecule has 0 saturated heterocycles. The summed E-state index contributed by atoms with van der Waals surface area (Å²) < 4.78 is 0. The Morgan fingerprint density at radius 2 is 0.548 bits per heavy atom. The molecular formula is C71H46N2. The number of aromatic nitrogens is 2. The second-order valence-corrected chi connectivity index (χ2v) is 19.2. The smallest absolute Gasteiger partial charge is 0.160 e. The van der Waals surface area contributed by atoms with Gasteiger partial charge in [0.25, 0.3) is 0 Å². The Balaban J connectivity index is 0.919. The van der Waals surface area contributed by atoms with Gasteiger partial charge in [0, 0.05) is 16.7 Å². The summed E-state index contributed by atoms with van der Waals surface area (Å²) in [6.45, 7) is 0. The van der Waals surface area contributed by atoms with Crippen LogP contribution in [0.5, 0.6) is 0 Å². The van der Waals surface area contributed by atoms with Crippen LogP contribution in [0.15, 0.2) is 279 Å². The minimum Gasteiger partial charge on any atom is -0.228 e. The second kappa shape index (κ2) is 17.4. The highest BCUT2D eigenvalue weighted by molar-refractivity contribution is 5.99. The normalized spacial score (nSPS) is 12.5. The van der Waals surface area contributed by atoms with E-state index in [1.165, 1.54) is 83.5 Å². The SMILES string of the molecule is c1ccc(-c2ccc(-c3cc(-c4ccccc4)nc(-c4cccc(-c5cccc(-c6cc7c(cc6-c6ccc(-c8ccccc8)cc6)-c6ccccc6C76c7ccccc7-c7ccccc76)c5)c4)n3)cc2)cc1. The lowest BCUT2D eigenvalue weighted by Crippen LogP contribution is -2.25. The molecule has 2 aliphatic rings. The fraction of sp³-hybridized carbons (Fsp3) is 0.0141. The van der Waals surface area contributed by atoms with Crippen LogP contribution in [0.3, 0.4) is 0 Å². The second-order valence-electron chi connectivity index (χ2n) is 19.2. The molecule has 340 valence electrons. The predicted octanol–water partition coefficient (Wildman–Crippen LogP) is 18.2. The van der Waals surface area contributed by atoms with E-state index in [4.69, 9.17) is 9.97 Å². The van der Waals surface area contributed by atoms with Crippen LogP contribution in [0.25, 0.3) is 112 Å². The molecule has 12 aromatic rings. The van der Waals surface area contributed by atoms with Crippen molar-refractivity contribution in [3.8, 4) is 112 Å². The van der Waals surface area contributed by atoms with Crippen molar-refractivity contribution in [2.75, 3.05) is 0 Å². The van der Waals surface area contributed by atoms with E-state index in [0.29, 0.717) is 5.82 Å². The van der Waals surface area contributed by atoms with E-state index in [0.717, 1.165) is 44.8 Å². The molecule has 0 bridgehead atoms. The Morgan fingerprint density at radius 3 is 1.08 bits per heavy atom. The molecule has 0 N–H and O–H groups in total. The third kappa shape index (κ3) is 7.10. The van der Waals surface area contributed by atoms with Gasteiger partial charge in [-0.2, -0.15) is 0 Å². The molecule has 0 saturated carbocycles. The van der Waals surface area contributed by atoms with Crippen LogP contribution in [-0.2, 0) is 5.41 Å². The quantitative estimate of drug-likeness (QED) is 0.152. The number of nitrogens with zero attached hydrogens (tertiary/aromatic N) is 2. The van der Waals surface area contributed by atoms with Crippen LogP contribution in [0.2, 0.25) is 0 Å². The summed E-state index contributed by atoms with van der Waals surface area (Å²) in [6, 6.07) is 102. The van der Waals surface area contributed by atoms with E-state index in [9.17, 15) is 0 Å². The zero-order valence-electron chi connectivity index (χ0n) is 40.0. The molecule has 0 unspecified atom stereocenters. The van der Waals surface area contributed by atoms with Gasteiger partial charge in [-0.3, -0.25) is 0 Å². The van der Waals surface area contributed by atoms with Crippen molar-refractivity contribution in [3.63, 3.8) is 0 Å². The standard InChI is InChI=1S/C71H46N2/c1-4-18-47(19-5-1)49-34-38-51(39-35-49)61-44-63-60-30-12-15-33-66(60)71(64-31-13-10-28-58(64)59-29-11-14-32-65(59)71)67(63)45-62(61)56-26-16-24-54(42-56)55-25-17-27-57(43-55)70-72-68(52-22-8-3-9-23-52)46-69(73-70)53-40-36-50(37-41-53)48-20-6-2-7-21-48/h1-46H. The van der Waals surface area contributed by atoms with Crippen molar-refractivity contribution in [1.29, 1.82) is 0 Å². The molecule has 1 spiro atoms. The van der Waals surface area contributed by atoms with Crippen molar-refractivity contribution < 1.29 is 0 Å². The van der Waals surface area contributed by atoms with Crippen LogP contribution in [0.1, 0.15) is 22.3 Å². The van der Waals surface area contributed by atoms with Crippen LogP contribution in [0, 0.1) is 0 Å². The van der Waals surface area contributed by atoms with Crippen molar-refractivity contribution in [2.24, 2.45) is 0 Å². The highest BCUT2D eigenvalue weighted by Gasteiger charge is 2.51. The minimum atomic E-state index is -0.466. The fourth-order valence-corrected chi connectivity index (χ4v) is 11.7. The van der Waals surface area contributed by atoms with Gasteiger partial charge in [0.05, 0.1) is 16.8 Å². The maximum atomic E-state index is 5.28. The Bertz CT molecular complexity index is 4000. The van der Waals surface area contributed by atoms with E-state index in [2.05, 4.69) is 273 Å². The summed E-state index contributed by atoms with van der Waals surface area (Å²) in [4.78, 5) is 10.5. The molecule has 0 fully saturated rings. The van der Waals surface area contributed by atoms with Gasteiger partial charge in [0.1, 0.15) is 0 Å². The Morgan fingerprint density at radius 1 is 0.192 bits per heavy atom. The summed E-state index contributed by atoms with van der Waals surface area (Å²) in [7, 11) is 0. The zero-order chi connectivity index (χ0) is 48.3. The van der Waals surface area contributed by atoms with Gasteiger partial charge in [0.2, 0.25) is 0 Å². The van der Waals surface area contributed by atoms with Gasteiger partial charge < -0.3 is 0 Å². The Hall–Kier alpha value is -9.50. The molecule has 0 aliphatic heterocycles. The average molecular weight is 927 g/mol. The van der Waals surface area contributed by atoms with Gasteiger partial charge in [0.15, 0.2) is 5.82 Å². The molecule has 14 rings (SSSR count). The molecule has 11 aromatic carbocycles. The van der Waals surface area contributed by atoms with Crippen LogP contribution < -0.4 is 0 Å². The van der Waals surface area contributed by atoms with Gasteiger partial charge >= 0.3 is 0 Å². The van der Waals surface area contributed by atoms with Crippen LogP contribution in [0.4, 0.5) is 0 Å². The van der Waals surface area contributed by atoms with E-state index >= 15 is 0 Å². The Kier molecular flexibility index (Phi) is 10.1. The predicted molar refractivity (Wildman–Crippen MR) is 302 cm³/mol. The van der Waals surface area contributed by atoms with Crippen molar-refractivity contribution >= 4 is 0 Å². The lowest BCUT2D eigenvalue weighted by Gasteiger charge is -2.31. The van der Waals surface area contributed by atoms with E-state index in [1.54, 1.807) is 0 Å². The minimum absolute atomic E-state index is 0.466. The first-order chi connectivity index (χ1) is 36.2. The van der Waals surface area contributed by atoms with Crippen molar-refractivity contribution in [2.45, 2.75) is 5.41 Å². The number of hydrogen-bond donors (Lipinski definition) is 0. The van der Waals surface area contributed by atoms with Gasteiger partial charge in [-0.25, -0.2) is 9.97 Å². The number of hydrogen-bond acceptors (Lipinski definition) is 2.